The van der Waals surface area contributed by atoms with Crippen molar-refractivity contribution in [1.82, 2.24) is 25.0 Å². The van der Waals surface area contributed by atoms with E-state index in [-0.39, 0.29) is 0 Å². The Kier molecular flexibility index (Phi) is 4.70. The van der Waals surface area contributed by atoms with Crippen LogP contribution in [0, 0.1) is 6.92 Å². The molecule has 0 spiro atoms. The van der Waals surface area contributed by atoms with E-state index in [1.54, 1.807) is 13.2 Å². The monoisotopic (exact) mass is 362 g/mol. The normalized spacial score (nSPS) is 15.0. The van der Waals surface area contributed by atoms with Gasteiger partial charge in [-0.2, -0.15) is 0 Å². The average Bonchev–Trinajstić information content (AvgIpc) is 3.36. The molecule has 0 saturated carbocycles. The van der Waals surface area contributed by atoms with Gasteiger partial charge in [0.1, 0.15) is 5.76 Å². The van der Waals surface area contributed by atoms with Crippen LogP contribution in [0.2, 0.25) is 0 Å². The van der Waals surface area contributed by atoms with Gasteiger partial charge >= 0.3 is 0 Å². The van der Waals surface area contributed by atoms with Crippen LogP contribution in [0.5, 0.6) is 0 Å². The number of morpholine rings is 1. The molecule has 25 heavy (non-hydrogen) atoms. The van der Waals surface area contributed by atoms with Gasteiger partial charge < -0.3 is 18.5 Å². The number of furan rings is 1. The number of aromatic nitrogens is 5. The highest BCUT2D eigenvalue weighted by Crippen LogP contribution is 2.26. The predicted octanol–water partition coefficient (Wildman–Crippen LogP) is 1.74. The van der Waals surface area contributed by atoms with Crippen LogP contribution in [0.25, 0.3) is 0 Å². The van der Waals surface area contributed by atoms with Gasteiger partial charge in [0.15, 0.2) is 5.16 Å². The van der Waals surface area contributed by atoms with E-state index < -0.39 is 0 Å². The van der Waals surface area contributed by atoms with Crippen LogP contribution in [-0.2, 0) is 17.0 Å². The molecule has 3 aromatic heterocycles. The quantitative estimate of drug-likeness (QED) is 0.607. The minimum Gasteiger partial charge on any atom is -0.467 e. The maximum Gasteiger partial charge on any atom is 0.228 e. The molecule has 3 aromatic rings. The summed E-state index contributed by atoms with van der Waals surface area (Å²) in [5.41, 5.74) is 0. The summed E-state index contributed by atoms with van der Waals surface area (Å²) < 4.78 is 18.4. The van der Waals surface area contributed by atoms with Crippen LogP contribution in [0.4, 0.5) is 5.95 Å². The topological polar surface area (TPSA) is 95.2 Å². The van der Waals surface area contributed by atoms with Crippen LogP contribution < -0.4 is 4.90 Å². The van der Waals surface area contributed by atoms with Gasteiger partial charge in [0, 0.05) is 20.0 Å². The summed E-state index contributed by atoms with van der Waals surface area (Å²) in [5.74, 6) is 3.35. The third kappa shape index (κ3) is 3.69. The van der Waals surface area contributed by atoms with Gasteiger partial charge in [0.2, 0.25) is 17.7 Å². The minimum absolute atomic E-state index is 0.542. The number of anilines is 1. The van der Waals surface area contributed by atoms with Gasteiger partial charge in [0.25, 0.3) is 0 Å². The minimum atomic E-state index is 0.542. The Balaban J connectivity index is 1.57. The first-order valence-electron chi connectivity index (χ1n) is 7.99. The summed E-state index contributed by atoms with van der Waals surface area (Å²) in [5, 5.41) is 17.4. The summed E-state index contributed by atoms with van der Waals surface area (Å²) >= 11 is 1.51. The smallest absolute Gasteiger partial charge is 0.228 e. The number of nitrogens with zero attached hydrogens (tertiary/aromatic N) is 6. The Hall–Kier alpha value is -2.33. The van der Waals surface area contributed by atoms with Gasteiger partial charge in [-0.25, -0.2) is 0 Å². The van der Waals surface area contributed by atoms with Crippen molar-refractivity contribution in [3.63, 3.8) is 0 Å². The molecule has 0 unspecified atom stereocenters. The maximum atomic E-state index is 5.50. The fourth-order valence-electron chi connectivity index (χ4n) is 2.60. The average molecular weight is 362 g/mol. The lowest BCUT2D eigenvalue weighted by Gasteiger charge is -2.27. The lowest BCUT2D eigenvalue weighted by Crippen LogP contribution is -2.38. The largest absolute Gasteiger partial charge is 0.467 e. The van der Waals surface area contributed by atoms with E-state index in [1.165, 1.54) is 11.8 Å². The van der Waals surface area contributed by atoms with Crippen molar-refractivity contribution in [2.24, 2.45) is 0 Å². The maximum absolute atomic E-state index is 5.50. The Labute approximate surface area is 148 Å². The second-order valence-electron chi connectivity index (χ2n) is 5.55. The number of ether oxygens (including phenoxy) is 1. The number of thioether (sulfide) groups is 1. The molecule has 9 nitrogen and oxygen atoms in total. The van der Waals surface area contributed by atoms with E-state index >= 15 is 0 Å². The fraction of sp³-hybridized carbons (Fsp3) is 0.467. The van der Waals surface area contributed by atoms with Crippen molar-refractivity contribution in [3.8, 4) is 0 Å². The SMILES string of the molecule is Cc1nnc(CSc2nnc(N3CCOCC3)n2Cc2ccco2)o1. The first-order valence-corrected chi connectivity index (χ1v) is 8.98. The molecule has 0 aliphatic carbocycles. The fourth-order valence-corrected chi connectivity index (χ4v) is 3.37. The highest BCUT2D eigenvalue weighted by Gasteiger charge is 2.22. The summed E-state index contributed by atoms with van der Waals surface area (Å²) in [7, 11) is 0. The molecule has 0 amide bonds. The summed E-state index contributed by atoms with van der Waals surface area (Å²) in [4.78, 5) is 2.18. The molecule has 4 heterocycles. The van der Waals surface area contributed by atoms with Gasteiger partial charge in [-0.1, -0.05) is 11.8 Å². The molecule has 1 aliphatic heterocycles. The zero-order chi connectivity index (χ0) is 17.1. The third-order valence-corrected chi connectivity index (χ3v) is 4.73. The summed E-state index contributed by atoms with van der Waals surface area (Å²) in [6, 6.07) is 3.82. The molecule has 0 N–H and O–H groups in total. The zero-order valence-electron chi connectivity index (χ0n) is 13.8. The van der Waals surface area contributed by atoms with Crippen LogP contribution in [-0.4, -0.2) is 51.3 Å². The Bertz CT molecular complexity index is 809. The van der Waals surface area contributed by atoms with E-state index in [0.29, 0.717) is 37.3 Å². The molecule has 1 aliphatic rings. The van der Waals surface area contributed by atoms with Crippen molar-refractivity contribution in [2.45, 2.75) is 24.4 Å². The molecule has 132 valence electrons. The van der Waals surface area contributed by atoms with Crippen molar-refractivity contribution >= 4 is 17.7 Å². The third-order valence-electron chi connectivity index (χ3n) is 3.78. The van der Waals surface area contributed by atoms with Crippen molar-refractivity contribution in [3.05, 3.63) is 35.9 Å². The number of hydrogen-bond acceptors (Lipinski definition) is 9. The van der Waals surface area contributed by atoms with E-state index in [9.17, 15) is 0 Å². The summed E-state index contributed by atoms with van der Waals surface area (Å²) in [6.07, 6.45) is 1.67. The van der Waals surface area contributed by atoms with Crippen LogP contribution >= 0.6 is 11.8 Å². The molecule has 0 atom stereocenters. The van der Waals surface area contributed by atoms with Gasteiger partial charge in [-0.3, -0.25) is 4.57 Å². The van der Waals surface area contributed by atoms with Crippen molar-refractivity contribution in [1.29, 1.82) is 0 Å². The first-order chi connectivity index (χ1) is 12.3. The second kappa shape index (κ2) is 7.28. The summed E-state index contributed by atoms with van der Waals surface area (Å²) in [6.45, 7) is 5.32. The second-order valence-corrected chi connectivity index (χ2v) is 6.49. The molecule has 0 bridgehead atoms. The lowest BCUT2D eigenvalue weighted by molar-refractivity contribution is 0.121. The lowest BCUT2D eigenvalue weighted by atomic mass is 10.4. The first kappa shape index (κ1) is 16.2. The predicted molar refractivity (Wildman–Crippen MR) is 89.5 cm³/mol. The van der Waals surface area contributed by atoms with Crippen molar-refractivity contribution < 1.29 is 13.6 Å². The van der Waals surface area contributed by atoms with Crippen LogP contribution in [0.15, 0.2) is 32.4 Å². The van der Waals surface area contributed by atoms with Crippen molar-refractivity contribution in [2.75, 3.05) is 31.2 Å². The van der Waals surface area contributed by atoms with E-state index in [2.05, 4.69) is 29.9 Å². The molecular formula is C15H18N6O3S. The number of rotatable bonds is 6. The van der Waals surface area contributed by atoms with Gasteiger partial charge in [-0.15, -0.1) is 20.4 Å². The molecule has 4 rings (SSSR count). The molecule has 0 radical (unpaired) electrons. The van der Waals surface area contributed by atoms with Gasteiger partial charge in [-0.05, 0) is 12.1 Å². The standard InChI is InChI=1S/C15H18N6O3S/c1-11-16-17-13(24-11)10-25-15-19-18-14(20-4-7-22-8-5-20)21(15)9-12-3-2-6-23-12/h2-3,6H,4-5,7-10H2,1H3. The van der Waals surface area contributed by atoms with Gasteiger partial charge in [0.05, 0.1) is 31.8 Å². The van der Waals surface area contributed by atoms with E-state index in [0.717, 1.165) is 30.0 Å². The molecular weight excluding hydrogens is 344 g/mol. The number of aryl methyl sites for hydroxylation is 1. The Morgan fingerprint density at radius 3 is 2.76 bits per heavy atom. The van der Waals surface area contributed by atoms with Crippen LogP contribution in [0.1, 0.15) is 17.5 Å². The van der Waals surface area contributed by atoms with E-state index in [4.69, 9.17) is 13.6 Å². The Morgan fingerprint density at radius 2 is 2.04 bits per heavy atom. The number of hydrogen-bond donors (Lipinski definition) is 0. The molecule has 1 fully saturated rings. The molecule has 0 aromatic carbocycles. The zero-order valence-corrected chi connectivity index (χ0v) is 14.6. The van der Waals surface area contributed by atoms with Crippen LogP contribution in [0.3, 0.4) is 0 Å². The highest BCUT2D eigenvalue weighted by molar-refractivity contribution is 7.98. The molecule has 10 heteroatoms. The van der Waals surface area contributed by atoms with E-state index in [1.807, 2.05) is 12.1 Å². The molecule has 1 saturated heterocycles. The Morgan fingerprint density at radius 1 is 1.16 bits per heavy atom. The highest BCUT2D eigenvalue weighted by atomic mass is 32.2.